The van der Waals surface area contributed by atoms with Gasteiger partial charge < -0.3 is 35.8 Å². The Hall–Kier alpha value is -1.75. The molecule has 8 saturated heterocycles. The van der Waals surface area contributed by atoms with Crippen molar-refractivity contribution in [2.24, 2.45) is 5.92 Å². The standard InChI is InChI=1S/C32H32N6O7S7/c1-14(2)30-26(45)38-22-29(16-10-6-8-12-18(16)34-22,20(41)32(38,48-50-47-30)25(44)36(30)4)28-15-9-5-7-11-17(15)33-21(28)37-23(42)27(13-39)35(3)24(43)31(37,19(28)40)49-52-51-46-27/h5-12,14,19-22,33-34,39-41H,13H2,1-4H3/t19?,20?,21-,22+,27+,28?,29+,30+,31?,32?/m0/s1. The van der Waals surface area contributed by atoms with E-state index >= 15 is 19.2 Å². The van der Waals surface area contributed by atoms with Gasteiger partial charge in [-0.2, -0.15) is 0 Å². The van der Waals surface area contributed by atoms with Crippen LogP contribution in [0.3, 0.4) is 0 Å². The average molecular weight is 837 g/mol. The Morgan fingerprint density at radius 3 is 1.69 bits per heavy atom. The van der Waals surface area contributed by atoms with Crippen molar-refractivity contribution in [2.45, 2.75) is 68.7 Å². The fourth-order valence-electron chi connectivity index (χ4n) is 10.5. The van der Waals surface area contributed by atoms with Crippen LogP contribution in [0.2, 0.25) is 0 Å². The molecule has 4 amide bonds. The van der Waals surface area contributed by atoms with E-state index in [1.807, 2.05) is 62.4 Å². The number of rotatable bonds is 3. The van der Waals surface area contributed by atoms with Crippen molar-refractivity contribution in [3.8, 4) is 0 Å². The lowest BCUT2D eigenvalue weighted by molar-refractivity contribution is -0.169. The number of hydrogen-bond donors (Lipinski definition) is 5. The summed E-state index contributed by atoms with van der Waals surface area (Å²) in [5, 5.41) is 45.3. The van der Waals surface area contributed by atoms with Crippen molar-refractivity contribution in [1.29, 1.82) is 0 Å². The maximum atomic E-state index is 15.4. The van der Waals surface area contributed by atoms with E-state index < -0.39 is 79.2 Å². The molecule has 20 heteroatoms. The Bertz CT molecular complexity index is 2040. The van der Waals surface area contributed by atoms with E-state index in [1.54, 1.807) is 7.05 Å². The van der Waals surface area contributed by atoms with E-state index in [9.17, 15) is 15.3 Å². The zero-order valence-corrected chi connectivity index (χ0v) is 33.5. The van der Waals surface area contributed by atoms with E-state index in [1.165, 1.54) is 66.9 Å². The fraction of sp³-hybridized carbons (Fsp3) is 0.500. The van der Waals surface area contributed by atoms with Gasteiger partial charge in [0.25, 0.3) is 23.6 Å². The van der Waals surface area contributed by atoms with Crippen LogP contribution in [0.15, 0.2) is 48.5 Å². The van der Waals surface area contributed by atoms with Crippen molar-refractivity contribution in [3.63, 3.8) is 0 Å². The molecule has 274 valence electrons. The summed E-state index contributed by atoms with van der Waals surface area (Å²) >= 11 is 0. The minimum absolute atomic E-state index is 0.324. The number of para-hydroxylation sites is 2. The van der Waals surface area contributed by atoms with Gasteiger partial charge in [0.15, 0.2) is 4.87 Å². The number of benzene rings is 2. The Morgan fingerprint density at radius 2 is 1.15 bits per heavy atom. The molecule has 10 atom stereocenters. The Morgan fingerprint density at radius 1 is 0.673 bits per heavy atom. The smallest absolute Gasteiger partial charge is 0.265 e. The average Bonchev–Trinajstić information content (AvgIpc) is 3.72. The summed E-state index contributed by atoms with van der Waals surface area (Å²) in [7, 11) is 11.4. The summed E-state index contributed by atoms with van der Waals surface area (Å²) in [6.07, 6.45) is -5.68. The molecule has 2 aromatic carbocycles. The summed E-state index contributed by atoms with van der Waals surface area (Å²) in [4.78, 5) is 59.6. The second kappa shape index (κ2) is 10.8. The Balaban J connectivity index is 1.34. The molecular formula is C32H32N6O7S7. The van der Waals surface area contributed by atoms with E-state index in [4.69, 9.17) is 0 Å². The minimum Gasteiger partial charge on any atom is -0.392 e. The maximum Gasteiger partial charge on any atom is 0.265 e. The van der Waals surface area contributed by atoms with Crippen LogP contribution < -0.4 is 10.6 Å². The number of carbonyl (C=O) groups is 4. The van der Waals surface area contributed by atoms with Crippen LogP contribution in [0.1, 0.15) is 25.0 Å². The number of nitrogens with one attached hydrogen (secondary N) is 2. The van der Waals surface area contributed by atoms with E-state index in [2.05, 4.69) is 10.6 Å². The van der Waals surface area contributed by atoms with Crippen molar-refractivity contribution in [1.82, 2.24) is 19.6 Å². The minimum atomic E-state index is -1.94. The first kappa shape index (κ1) is 34.7. The molecule has 0 aliphatic carbocycles. The van der Waals surface area contributed by atoms with Crippen molar-refractivity contribution in [3.05, 3.63) is 59.7 Å². The normalized spacial score (nSPS) is 43.8. The highest BCUT2D eigenvalue weighted by Gasteiger charge is 2.92. The third-order valence-electron chi connectivity index (χ3n) is 12.7. The van der Waals surface area contributed by atoms with Gasteiger partial charge in [-0.3, -0.25) is 29.0 Å². The summed E-state index contributed by atoms with van der Waals surface area (Å²) in [6, 6.07) is 14.6. The molecule has 13 nitrogen and oxygen atoms in total. The predicted molar refractivity (Wildman–Crippen MR) is 208 cm³/mol. The van der Waals surface area contributed by atoms with E-state index in [0.717, 1.165) is 32.4 Å². The predicted octanol–water partition coefficient (Wildman–Crippen LogP) is 2.88. The van der Waals surface area contributed by atoms with Crippen LogP contribution in [-0.2, 0) is 30.0 Å². The molecule has 10 aliphatic rings. The molecule has 5 N–H and O–H groups in total. The lowest BCUT2D eigenvalue weighted by Gasteiger charge is -2.54. The largest absolute Gasteiger partial charge is 0.392 e. The second-order valence-electron chi connectivity index (χ2n) is 14.5. The highest BCUT2D eigenvalue weighted by molar-refractivity contribution is 9.26. The molecule has 2 aromatic rings. The summed E-state index contributed by atoms with van der Waals surface area (Å²) in [6.45, 7) is 3.12. The topological polar surface area (TPSA) is 166 Å². The Labute approximate surface area is 325 Å². The number of piperazine rings is 2. The number of aliphatic hydroxyl groups excluding tert-OH is 3. The second-order valence-corrected chi connectivity index (χ2v) is 25.0. The van der Waals surface area contributed by atoms with Gasteiger partial charge in [0.2, 0.25) is 14.6 Å². The van der Waals surface area contributed by atoms with Gasteiger partial charge in [0, 0.05) is 25.5 Å². The molecule has 5 unspecified atom stereocenters. The summed E-state index contributed by atoms with van der Waals surface area (Å²) < 4.78 is 0. The van der Waals surface area contributed by atoms with Gasteiger partial charge in [0.05, 0.1) is 17.4 Å². The van der Waals surface area contributed by atoms with Crippen LogP contribution in [0.4, 0.5) is 11.4 Å². The molecule has 0 radical (unpaired) electrons. The number of hydrogen-bond acceptors (Lipinski definition) is 16. The first-order valence-corrected chi connectivity index (χ1v) is 24.8. The van der Waals surface area contributed by atoms with Gasteiger partial charge in [-0.25, -0.2) is 0 Å². The molecule has 8 fully saturated rings. The molecule has 0 saturated carbocycles. The first-order valence-electron chi connectivity index (χ1n) is 16.5. The zero-order chi connectivity index (χ0) is 36.5. The Kier molecular flexibility index (Phi) is 7.18. The zero-order valence-electron chi connectivity index (χ0n) is 27.8. The van der Waals surface area contributed by atoms with Crippen molar-refractivity contribution in [2.75, 3.05) is 31.3 Å². The monoisotopic (exact) mass is 836 g/mol. The number of amides is 4. The molecule has 10 aliphatic heterocycles. The lowest BCUT2D eigenvalue weighted by atomic mass is 9.52. The quantitative estimate of drug-likeness (QED) is 0.287. The molecular weight excluding hydrogens is 805 g/mol. The van der Waals surface area contributed by atoms with Crippen LogP contribution in [-0.4, -0.2) is 123 Å². The third-order valence-corrected chi connectivity index (χ3v) is 25.3. The van der Waals surface area contributed by atoms with Crippen molar-refractivity contribution >= 4 is 108 Å². The molecule has 2 spiro atoms. The number of aliphatic hydroxyl groups is 3. The number of carbonyl (C=O) groups excluding carboxylic acids is 4. The van der Waals surface area contributed by atoms with Crippen molar-refractivity contribution < 1.29 is 34.5 Å². The number of anilines is 2. The van der Waals surface area contributed by atoms with Crippen LogP contribution in [0.5, 0.6) is 0 Å². The van der Waals surface area contributed by atoms with Crippen LogP contribution >= 0.6 is 72.7 Å². The van der Waals surface area contributed by atoms with E-state index in [-0.39, 0.29) is 11.8 Å². The fourth-order valence-corrected chi connectivity index (χ4v) is 24.5. The molecule has 10 heterocycles. The van der Waals surface area contributed by atoms with Crippen LogP contribution in [0, 0.1) is 5.92 Å². The summed E-state index contributed by atoms with van der Waals surface area (Å²) in [5.41, 5.74) is -1.25. The lowest BCUT2D eigenvalue weighted by Crippen LogP contribution is -2.76. The van der Waals surface area contributed by atoms with Gasteiger partial charge in [-0.1, -0.05) is 50.2 Å². The van der Waals surface area contributed by atoms with E-state index in [0.29, 0.717) is 22.5 Å². The van der Waals surface area contributed by atoms with Crippen LogP contribution in [0.25, 0.3) is 0 Å². The number of likely N-dealkylation sites (N-methyl/N-ethyl adjacent to an activating group) is 2. The highest BCUT2D eigenvalue weighted by atomic mass is 33.7. The van der Waals surface area contributed by atoms with Gasteiger partial charge in [-0.05, 0) is 102 Å². The molecule has 52 heavy (non-hydrogen) atoms. The summed E-state index contributed by atoms with van der Waals surface area (Å²) in [5.74, 6) is -2.28. The van der Waals surface area contributed by atoms with Gasteiger partial charge in [0.1, 0.15) is 24.5 Å². The number of fused-ring (bicyclic) bond motifs is 14. The molecule has 12 rings (SSSR count). The van der Waals surface area contributed by atoms with Gasteiger partial charge >= 0.3 is 0 Å². The molecule has 4 bridgehead atoms. The number of nitrogens with zero attached hydrogens (tertiary/aromatic N) is 4. The highest BCUT2D eigenvalue weighted by Crippen LogP contribution is 2.78. The first-order chi connectivity index (χ1) is 24.8. The van der Waals surface area contributed by atoms with Gasteiger partial charge in [-0.15, -0.1) is 0 Å². The maximum absolute atomic E-state index is 15.4. The molecule has 0 aromatic heterocycles. The third kappa shape index (κ3) is 3.21. The SMILES string of the molecule is CC(C)[C@]12SSSC3(C(=O)N1C)C(O)[C@]1(C45c6ccccc6N[C@H]4N4C(=O)[C@@]6(CO)SSSSC4(C(=O)N6C)C5O)c4ccccc4N[C@@H]1N3C2=O.